The first kappa shape index (κ1) is 24.3. The van der Waals surface area contributed by atoms with Gasteiger partial charge in [0.25, 0.3) is 0 Å². The number of nitrogens with zero attached hydrogens (tertiary/aromatic N) is 1. The monoisotopic (exact) mass is 502 g/mol. The summed E-state index contributed by atoms with van der Waals surface area (Å²) in [6.45, 7) is -0.910. The molecule has 1 atom stereocenters. The normalized spacial score (nSPS) is 17.5. The number of nitrogens with one attached hydrogen (secondary N) is 1. The molecule has 0 saturated heterocycles. The molecule has 7 nitrogen and oxygen atoms in total. The number of alkyl halides is 3. The molecule has 0 radical (unpaired) electrons. The van der Waals surface area contributed by atoms with Crippen molar-refractivity contribution < 1.29 is 36.0 Å². The van der Waals surface area contributed by atoms with Gasteiger partial charge in [-0.2, -0.15) is 17.5 Å². The van der Waals surface area contributed by atoms with Crippen molar-refractivity contribution in [2.45, 2.75) is 17.1 Å². The third-order valence-corrected chi connectivity index (χ3v) is 7.25. The Balaban J connectivity index is 1.68. The van der Waals surface area contributed by atoms with Gasteiger partial charge in [-0.3, -0.25) is 14.4 Å². The van der Waals surface area contributed by atoms with Gasteiger partial charge in [-0.05, 0) is 36.4 Å². The lowest BCUT2D eigenvalue weighted by Gasteiger charge is -2.33. The number of halogens is 3. The van der Waals surface area contributed by atoms with E-state index in [1.165, 1.54) is 36.4 Å². The highest BCUT2D eigenvalue weighted by molar-refractivity contribution is 7.89. The maximum Gasteiger partial charge on any atom is 0.416 e. The first-order valence-corrected chi connectivity index (χ1v) is 11.7. The fraction of sp³-hybridized carbons (Fsp3) is 0.125. The SMILES string of the molecule is O=C(CN1C(C(=O)c2ccccc2)C(=O)c2ccccc2S1(=O)=O)Nc1ccc(C(F)(F)F)cc1. The van der Waals surface area contributed by atoms with Gasteiger partial charge in [0.15, 0.2) is 17.6 Å². The van der Waals surface area contributed by atoms with Crippen LogP contribution in [0.1, 0.15) is 26.3 Å². The second-order valence-corrected chi connectivity index (χ2v) is 9.53. The minimum atomic E-state index is -4.57. The maximum atomic E-state index is 13.4. The number of sulfonamides is 1. The van der Waals surface area contributed by atoms with Crippen molar-refractivity contribution in [2.24, 2.45) is 0 Å². The molecule has 3 aromatic carbocycles. The van der Waals surface area contributed by atoms with E-state index < -0.39 is 51.8 Å². The molecule has 0 fully saturated rings. The molecule has 1 unspecified atom stereocenters. The molecule has 1 heterocycles. The van der Waals surface area contributed by atoms with Crippen LogP contribution < -0.4 is 5.32 Å². The highest BCUT2D eigenvalue weighted by Crippen LogP contribution is 2.32. The summed E-state index contributed by atoms with van der Waals surface area (Å²) in [5.74, 6) is -2.53. The summed E-state index contributed by atoms with van der Waals surface area (Å²) in [6.07, 6.45) is -4.57. The van der Waals surface area contributed by atoms with Gasteiger partial charge in [-0.25, -0.2) is 8.42 Å². The molecular formula is C24H17F3N2O5S. The molecule has 1 N–H and O–H groups in total. The molecule has 0 aliphatic carbocycles. The molecule has 35 heavy (non-hydrogen) atoms. The highest BCUT2D eigenvalue weighted by atomic mass is 32.2. The Labute approximate surface area is 198 Å². The standard InChI is InChI=1S/C24H17F3N2O5S/c25-24(26,27)16-10-12-17(13-11-16)28-20(30)14-29-21(22(31)15-6-2-1-3-7-15)23(32)18-8-4-5-9-19(18)35(29,33)34/h1-13,21H,14H2,(H,28,30). The Morgan fingerprint density at radius 2 is 1.49 bits per heavy atom. The van der Waals surface area contributed by atoms with Crippen LogP contribution in [0.25, 0.3) is 0 Å². The minimum absolute atomic E-state index is 0.0185. The Hall–Kier alpha value is -3.83. The van der Waals surface area contributed by atoms with Crippen LogP contribution in [0, 0.1) is 0 Å². The molecular weight excluding hydrogens is 485 g/mol. The molecule has 1 amide bonds. The number of amides is 1. The second-order valence-electron chi connectivity index (χ2n) is 7.67. The van der Waals surface area contributed by atoms with Crippen LogP contribution in [0.3, 0.4) is 0 Å². The van der Waals surface area contributed by atoms with E-state index >= 15 is 0 Å². The van der Waals surface area contributed by atoms with Crippen molar-refractivity contribution in [1.82, 2.24) is 4.31 Å². The summed E-state index contributed by atoms with van der Waals surface area (Å²) >= 11 is 0. The van der Waals surface area contributed by atoms with Crippen LogP contribution in [-0.4, -0.2) is 42.8 Å². The lowest BCUT2D eigenvalue weighted by atomic mass is 9.96. The number of anilines is 1. The van der Waals surface area contributed by atoms with Crippen LogP contribution in [0.4, 0.5) is 18.9 Å². The summed E-state index contributed by atoms with van der Waals surface area (Å²) in [7, 11) is -4.45. The number of Topliss-reactive ketones (excluding diaryl/α,β-unsaturated/α-hetero) is 2. The summed E-state index contributed by atoms with van der Waals surface area (Å²) in [6, 6.07) is 14.7. The van der Waals surface area contributed by atoms with Crippen LogP contribution >= 0.6 is 0 Å². The van der Waals surface area contributed by atoms with E-state index in [1.807, 2.05) is 0 Å². The van der Waals surface area contributed by atoms with Crippen LogP contribution in [0.5, 0.6) is 0 Å². The van der Waals surface area contributed by atoms with Gasteiger partial charge < -0.3 is 5.32 Å². The average molecular weight is 502 g/mol. The number of hydrogen-bond acceptors (Lipinski definition) is 5. The van der Waals surface area contributed by atoms with Gasteiger partial charge in [-0.1, -0.05) is 42.5 Å². The number of carbonyl (C=O) groups excluding carboxylic acids is 3. The zero-order valence-corrected chi connectivity index (χ0v) is 18.6. The van der Waals surface area contributed by atoms with Crippen molar-refractivity contribution in [1.29, 1.82) is 0 Å². The van der Waals surface area contributed by atoms with Crippen molar-refractivity contribution in [3.8, 4) is 0 Å². The summed E-state index contributed by atoms with van der Waals surface area (Å²) in [5, 5.41) is 2.31. The minimum Gasteiger partial charge on any atom is -0.325 e. The predicted molar refractivity (Wildman–Crippen MR) is 119 cm³/mol. The van der Waals surface area contributed by atoms with E-state index in [9.17, 15) is 36.0 Å². The van der Waals surface area contributed by atoms with E-state index in [1.54, 1.807) is 18.2 Å². The van der Waals surface area contributed by atoms with Gasteiger partial charge in [0.2, 0.25) is 15.9 Å². The highest BCUT2D eigenvalue weighted by Gasteiger charge is 2.48. The topological polar surface area (TPSA) is 101 Å². The quantitative estimate of drug-likeness (QED) is 0.423. The number of fused-ring (bicyclic) bond motifs is 1. The Bertz CT molecular complexity index is 1410. The lowest BCUT2D eigenvalue weighted by Crippen LogP contribution is -2.55. The predicted octanol–water partition coefficient (Wildman–Crippen LogP) is 3.78. The Kier molecular flexibility index (Phi) is 6.30. The number of carbonyl (C=O) groups is 3. The molecule has 1 aliphatic heterocycles. The third-order valence-electron chi connectivity index (χ3n) is 5.38. The van der Waals surface area contributed by atoms with Crippen LogP contribution in [0.15, 0.2) is 83.8 Å². The molecule has 0 aromatic heterocycles. The fourth-order valence-corrected chi connectivity index (χ4v) is 5.42. The molecule has 4 rings (SSSR count). The van der Waals surface area contributed by atoms with E-state index in [2.05, 4.69) is 5.32 Å². The number of rotatable bonds is 5. The first-order chi connectivity index (χ1) is 16.5. The van der Waals surface area contributed by atoms with Crippen molar-refractivity contribution in [3.05, 3.63) is 95.6 Å². The van der Waals surface area contributed by atoms with Gasteiger partial charge >= 0.3 is 6.18 Å². The van der Waals surface area contributed by atoms with E-state index in [0.717, 1.165) is 24.3 Å². The van der Waals surface area contributed by atoms with Crippen molar-refractivity contribution in [3.63, 3.8) is 0 Å². The summed E-state index contributed by atoms with van der Waals surface area (Å²) < 4.78 is 65.5. The largest absolute Gasteiger partial charge is 0.416 e. The summed E-state index contributed by atoms with van der Waals surface area (Å²) in [5.41, 5.74) is -1.03. The van der Waals surface area contributed by atoms with Crippen LogP contribution in [-0.2, 0) is 21.0 Å². The molecule has 3 aromatic rings. The van der Waals surface area contributed by atoms with Gasteiger partial charge in [0.05, 0.1) is 17.0 Å². The van der Waals surface area contributed by atoms with E-state index in [0.29, 0.717) is 4.31 Å². The zero-order valence-electron chi connectivity index (χ0n) is 17.8. The Morgan fingerprint density at radius 3 is 2.11 bits per heavy atom. The van der Waals surface area contributed by atoms with Crippen molar-refractivity contribution in [2.75, 3.05) is 11.9 Å². The fourth-order valence-electron chi connectivity index (χ4n) is 3.71. The third kappa shape index (κ3) is 4.73. The summed E-state index contributed by atoms with van der Waals surface area (Å²) in [4.78, 5) is 38.8. The zero-order chi connectivity index (χ0) is 25.4. The Morgan fingerprint density at radius 1 is 0.886 bits per heavy atom. The average Bonchev–Trinajstić information content (AvgIpc) is 2.83. The van der Waals surface area contributed by atoms with E-state index in [-0.39, 0.29) is 21.7 Å². The smallest absolute Gasteiger partial charge is 0.325 e. The van der Waals surface area contributed by atoms with Gasteiger partial charge in [-0.15, -0.1) is 0 Å². The first-order valence-electron chi connectivity index (χ1n) is 10.2. The molecule has 11 heteroatoms. The van der Waals surface area contributed by atoms with Crippen molar-refractivity contribution >= 4 is 33.2 Å². The van der Waals surface area contributed by atoms with Gasteiger partial charge in [0.1, 0.15) is 0 Å². The maximum absolute atomic E-state index is 13.4. The molecule has 0 saturated carbocycles. The number of ketones is 2. The molecule has 0 spiro atoms. The lowest BCUT2D eigenvalue weighted by molar-refractivity contribution is -0.137. The molecule has 0 bridgehead atoms. The van der Waals surface area contributed by atoms with Crippen LogP contribution in [0.2, 0.25) is 0 Å². The second kappa shape index (κ2) is 9.08. The van der Waals surface area contributed by atoms with Gasteiger partial charge in [0, 0.05) is 16.8 Å². The number of hydrogen-bond donors (Lipinski definition) is 1. The molecule has 1 aliphatic rings. The number of benzene rings is 3. The van der Waals surface area contributed by atoms with E-state index in [4.69, 9.17) is 0 Å². The molecule has 180 valence electrons.